The molecule has 1 unspecified atom stereocenters. The fourth-order valence-electron chi connectivity index (χ4n) is 1.93. The topological polar surface area (TPSA) is 51.2 Å². The van der Waals surface area contributed by atoms with E-state index < -0.39 is 28.2 Å². The van der Waals surface area contributed by atoms with Gasteiger partial charge >= 0.3 is 6.18 Å². The molecule has 1 aliphatic carbocycles. The first-order valence-electron chi connectivity index (χ1n) is 5.57. The molecular weight excluding hydrogens is 269 g/mol. The van der Waals surface area contributed by atoms with Crippen LogP contribution in [0, 0.1) is 5.92 Å². The maximum absolute atomic E-state index is 12.0. The van der Waals surface area contributed by atoms with Gasteiger partial charge in [-0.05, 0) is 24.3 Å². The molecule has 0 aliphatic heterocycles. The van der Waals surface area contributed by atoms with Crippen LogP contribution in [0.2, 0.25) is 0 Å². The van der Waals surface area contributed by atoms with Crippen molar-refractivity contribution in [3.05, 3.63) is 12.2 Å². The zero-order valence-corrected chi connectivity index (χ0v) is 10.6. The van der Waals surface area contributed by atoms with Crippen LogP contribution in [0.15, 0.2) is 12.2 Å². The Balaban J connectivity index is 2.51. The van der Waals surface area contributed by atoms with E-state index in [1.807, 2.05) is 0 Å². The van der Waals surface area contributed by atoms with Gasteiger partial charge in [0.15, 0.2) is 15.6 Å². The summed E-state index contributed by atoms with van der Waals surface area (Å²) in [5.74, 6) is -1.55. The molecule has 0 radical (unpaired) electrons. The first kappa shape index (κ1) is 15.2. The Morgan fingerprint density at radius 3 is 2.44 bits per heavy atom. The number of Topliss-reactive ketones (excluding diaryl/α,β-unsaturated/α-hetero) is 1. The number of halogens is 3. The van der Waals surface area contributed by atoms with E-state index in [2.05, 4.69) is 6.58 Å². The largest absolute Gasteiger partial charge is 0.390 e. The van der Waals surface area contributed by atoms with Crippen LogP contribution in [-0.2, 0) is 14.6 Å². The van der Waals surface area contributed by atoms with Gasteiger partial charge in [-0.3, -0.25) is 4.79 Å². The van der Waals surface area contributed by atoms with Crippen LogP contribution in [0.4, 0.5) is 13.2 Å². The minimum absolute atomic E-state index is 0.0843. The second-order valence-electron chi connectivity index (χ2n) is 4.62. The number of hydrogen-bond donors (Lipinski definition) is 0. The van der Waals surface area contributed by atoms with Crippen LogP contribution in [0.5, 0.6) is 0 Å². The lowest BCUT2D eigenvalue weighted by Gasteiger charge is -2.22. The quantitative estimate of drug-likeness (QED) is 0.744. The SMILES string of the molecule is C=C1CC(CS(=O)(=O)CCC(F)(F)F)CCC1=O. The molecule has 7 heteroatoms. The highest BCUT2D eigenvalue weighted by atomic mass is 32.2. The summed E-state index contributed by atoms with van der Waals surface area (Å²) in [6.07, 6.45) is -4.87. The van der Waals surface area contributed by atoms with Gasteiger partial charge in [-0.2, -0.15) is 13.2 Å². The standard InChI is InChI=1S/C11H15F3O3S/c1-8-6-9(2-3-10(8)15)7-18(16,17)5-4-11(12,13)14/h9H,1-7H2. The molecule has 1 aliphatic rings. The number of carbonyl (C=O) groups is 1. The van der Waals surface area contributed by atoms with Gasteiger partial charge in [0.05, 0.1) is 17.9 Å². The summed E-state index contributed by atoms with van der Waals surface area (Å²) < 4.78 is 58.9. The second-order valence-corrected chi connectivity index (χ2v) is 6.84. The second kappa shape index (κ2) is 5.42. The van der Waals surface area contributed by atoms with E-state index >= 15 is 0 Å². The average Bonchev–Trinajstić information content (AvgIpc) is 2.20. The molecule has 104 valence electrons. The lowest BCUT2D eigenvalue weighted by molar-refractivity contribution is -0.130. The predicted octanol–water partition coefficient (Wildman–Crippen LogP) is 2.28. The minimum Gasteiger partial charge on any atom is -0.295 e. The molecule has 0 aromatic heterocycles. The maximum atomic E-state index is 12.0. The zero-order chi connectivity index (χ0) is 14.0. The number of allylic oxidation sites excluding steroid dienone is 1. The van der Waals surface area contributed by atoms with Gasteiger partial charge in [0.25, 0.3) is 0 Å². The summed E-state index contributed by atoms with van der Waals surface area (Å²) in [6.45, 7) is 3.54. The highest BCUT2D eigenvalue weighted by molar-refractivity contribution is 7.91. The molecule has 1 atom stereocenters. The summed E-state index contributed by atoms with van der Waals surface area (Å²) in [4.78, 5) is 11.2. The molecule has 0 heterocycles. The van der Waals surface area contributed by atoms with Crippen molar-refractivity contribution >= 4 is 15.6 Å². The monoisotopic (exact) mass is 284 g/mol. The number of sulfone groups is 1. The number of hydrogen-bond acceptors (Lipinski definition) is 3. The summed E-state index contributed by atoms with van der Waals surface area (Å²) in [7, 11) is -3.73. The first-order valence-corrected chi connectivity index (χ1v) is 7.39. The lowest BCUT2D eigenvalue weighted by Crippen LogP contribution is -2.26. The summed E-state index contributed by atoms with van der Waals surface area (Å²) in [5, 5.41) is 0. The van der Waals surface area contributed by atoms with E-state index in [-0.39, 0.29) is 30.3 Å². The lowest BCUT2D eigenvalue weighted by atomic mass is 9.87. The third-order valence-electron chi connectivity index (χ3n) is 2.90. The van der Waals surface area contributed by atoms with Gasteiger partial charge < -0.3 is 0 Å². The molecule has 1 fully saturated rings. The Hall–Kier alpha value is -0.850. The average molecular weight is 284 g/mol. The van der Waals surface area contributed by atoms with Gasteiger partial charge in [-0.15, -0.1) is 0 Å². The fraction of sp³-hybridized carbons (Fsp3) is 0.727. The normalized spacial score (nSPS) is 22.3. The Bertz CT molecular complexity index is 437. The molecule has 0 amide bonds. The molecular formula is C11H15F3O3S. The fourth-order valence-corrected chi connectivity index (χ4v) is 3.64. The molecule has 0 aromatic rings. The Morgan fingerprint density at radius 1 is 1.33 bits per heavy atom. The highest BCUT2D eigenvalue weighted by Gasteiger charge is 2.32. The van der Waals surface area contributed by atoms with Crippen LogP contribution in [0.25, 0.3) is 0 Å². The van der Waals surface area contributed by atoms with E-state index in [9.17, 15) is 26.4 Å². The van der Waals surface area contributed by atoms with Crippen LogP contribution in [0.1, 0.15) is 25.7 Å². The Kier molecular flexibility index (Phi) is 4.58. The predicted molar refractivity (Wildman–Crippen MR) is 60.8 cm³/mol. The van der Waals surface area contributed by atoms with Crippen LogP contribution in [-0.4, -0.2) is 31.9 Å². The smallest absolute Gasteiger partial charge is 0.295 e. The van der Waals surface area contributed by atoms with Crippen LogP contribution >= 0.6 is 0 Å². The van der Waals surface area contributed by atoms with Gasteiger partial charge in [0, 0.05) is 6.42 Å². The Morgan fingerprint density at radius 2 is 1.94 bits per heavy atom. The Labute approximate surface area is 104 Å². The molecule has 0 aromatic carbocycles. The highest BCUT2D eigenvalue weighted by Crippen LogP contribution is 2.27. The van der Waals surface area contributed by atoms with Crippen LogP contribution in [0.3, 0.4) is 0 Å². The van der Waals surface area contributed by atoms with Crippen molar-refractivity contribution in [1.29, 1.82) is 0 Å². The molecule has 0 bridgehead atoms. The van der Waals surface area contributed by atoms with Gasteiger partial charge in [-0.1, -0.05) is 6.58 Å². The van der Waals surface area contributed by atoms with Crippen molar-refractivity contribution < 1.29 is 26.4 Å². The molecule has 1 saturated carbocycles. The van der Waals surface area contributed by atoms with Crippen molar-refractivity contribution in [1.82, 2.24) is 0 Å². The van der Waals surface area contributed by atoms with E-state index in [4.69, 9.17) is 0 Å². The maximum Gasteiger partial charge on any atom is 0.390 e. The first-order chi connectivity index (χ1) is 8.09. The van der Waals surface area contributed by atoms with Gasteiger partial charge in [-0.25, -0.2) is 8.42 Å². The number of ketones is 1. The molecule has 0 saturated heterocycles. The molecule has 18 heavy (non-hydrogen) atoms. The number of rotatable bonds is 4. The minimum atomic E-state index is -4.46. The van der Waals surface area contributed by atoms with Gasteiger partial charge in [0.1, 0.15) is 0 Å². The third kappa shape index (κ3) is 5.20. The van der Waals surface area contributed by atoms with E-state index in [1.165, 1.54) is 0 Å². The number of alkyl halides is 3. The number of carbonyl (C=O) groups excluding carboxylic acids is 1. The molecule has 1 rings (SSSR count). The molecule has 0 N–H and O–H groups in total. The van der Waals surface area contributed by atoms with Crippen molar-refractivity contribution in [3.63, 3.8) is 0 Å². The molecule has 3 nitrogen and oxygen atoms in total. The van der Waals surface area contributed by atoms with E-state index in [0.29, 0.717) is 12.0 Å². The van der Waals surface area contributed by atoms with Crippen molar-refractivity contribution in [3.8, 4) is 0 Å². The van der Waals surface area contributed by atoms with Crippen LogP contribution < -0.4 is 0 Å². The summed E-state index contributed by atoms with van der Waals surface area (Å²) in [5.41, 5.74) is 0.372. The third-order valence-corrected chi connectivity index (χ3v) is 4.70. The summed E-state index contributed by atoms with van der Waals surface area (Å²) >= 11 is 0. The van der Waals surface area contributed by atoms with Gasteiger partial charge in [0.2, 0.25) is 0 Å². The zero-order valence-electron chi connectivity index (χ0n) is 9.79. The van der Waals surface area contributed by atoms with Crippen molar-refractivity contribution in [2.45, 2.75) is 31.9 Å². The summed E-state index contributed by atoms with van der Waals surface area (Å²) in [6, 6.07) is 0. The van der Waals surface area contributed by atoms with E-state index in [1.54, 1.807) is 0 Å². The van der Waals surface area contributed by atoms with E-state index in [0.717, 1.165) is 0 Å². The van der Waals surface area contributed by atoms with Crippen molar-refractivity contribution in [2.24, 2.45) is 5.92 Å². The molecule has 0 spiro atoms. The van der Waals surface area contributed by atoms with Crippen molar-refractivity contribution in [2.75, 3.05) is 11.5 Å².